The molecule has 0 aromatic heterocycles. The van der Waals surface area contributed by atoms with E-state index in [-0.39, 0.29) is 0 Å². The Balaban J connectivity index is 1.81. The number of nitrogens with one attached hydrogen (secondary N) is 1. The van der Waals surface area contributed by atoms with Gasteiger partial charge in [-0.15, -0.1) is 0 Å². The second-order valence-electron chi connectivity index (χ2n) is 6.46. The summed E-state index contributed by atoms with van der Waals surface area (Å²) in [6.45, 7) is 8.35. The van der Waals surface area contributed by atoms with Crippen molar-refractivity contribution in [3.8, 4) is 0 Å². The van der Waals surface area contributed by atoms with Gasteiger partial charge in [-0.2, -0.15) is 0 Å². The molecule has 0 amide bonds. The first-order valence-electron chi connectivity index (χ1n) is 7.57. The molecule has 0 radical (unpaired) electrons. The normalized spacial score (nSPS) is 35.7. The highest BCUT2D eigenvalue weighted by atomic mass is 14.9. The molecule has 0 spiro atoms. The van der Waals surface area contributed by atoms with E-state index >= 15 is 0 Å². The molecule has 0 heterocycles. The van der Waals surface area contributed by atoms with E-state index in [1.807, 2.05) is 0 Å². The topological polar surface area (TPSA) is 12.0 Å². The molecule has 0 unspecified atom stereocenters. The average Bonchev–Trinajstić information content (AvgIpc) is 2.29. The number of hydrogen-bond acceptors (Lipinski definition) is 1. The Labute approximate surface area is 107 Å². The Morgan fingerprint density at radius 3 is 2.53 bits per heavy atom. The maximum Gasteiger partial charge on any atom is 0.00671 e. The van der Waals surface area contributed by atoms with Crippen LogP contribution >= 0.6 is 0 Å². The molecule has 0 bridgehead atoms. The molecule has 2 rings (SSSR count). The predicted octanol–water partition coefficient (Wildman–Crippen LogP) is 4.15. The average molecular weight is 235 g/mol. The molecular weight excluding hydrogens is 206 g/mol. The second kappa shape index (κ2) is 6.04. The SMILES string of the molecule is CC1=C[C@H](C)[C@H](CNC2CCCCC2)[C@H](C)C1. The standard InChI is InChI=1S/C16H29N/c1-12-9-13(2)16(14(3)10-12)11-17-15-7-5-4-6-8-15/h9,13-17H,4-8,10-11H2,1-3H3/t13-,14+,16-/m0/s1. The largest absolute Gasteiger partial charge is 0.314 e. The predicted molar refractivity (Wildman–Crippen MR) is 75.1 cm³/mol. The van der Waals surface area contributed by atoms with Gasteiger partial charge in [-0.1, -0.05) is 44.8 Å². The third kappa shape index (κ3) is 3.58. The number of hydrogen-bond donors (Lipinski definition) is 1. The maximum atomic E-state index is 3.84. The van der Waals surface area contributed by atoms with Gasteiger partial charge < -0.3 is 5.32 Å². The van der Waals surface area contributed by atoms with E-state index in [1.54, 1.807) is 5.57 Å². The van der Waals surface area contributed by atoms with Gasteiger partial charge in [0.25, 0.3) is 0 Å². The van der Waals surface area contributed by atoms with Crippen molar-refractivity contribution in [3.63, 3.8) is 0 Å². The molecule has 1 fully saturated rings. The minimum Gasteiger partial charge on any atom is -0.314 e. The van der Waals surface area contributed by atoms with Crippen molar-refractivity contribution in [2.45, 2.75) is 65.3 Å². The quantitative estimate of drug-likeness (QED) is 0.725. The van der Waals surface area contributed by atoms with Crippen LogP contribution in [-0.4, -0.2) is 12.6 Å². The van der Waals surface area contributed by atoms with Gasteiger partial charge in [0, 0.05) is 6.04 Å². The summed E-state index contributed by atoms with van der Waals surface area (Å²) in [4.78, 5) is 0. The number of allylic oxidation sites excluding steroid dienone is 2. The monoisotopic (exact) mass is 235 g/mol. The van der Waals surface area contributed by atoms with Crippen LogP contribution < -0.4 is 5.32 Å². The first-order valence-corrected chi connectivity index (χ1v) is 7.57. The molecule has 1 saturated carbocycles. The first-order chi connectivity index (χ1) is 8.16. The van der Waals surface area contributed by atoms with Crippen LogP contribution in [-0.2, 0) is 0 Å². The summed E-state index contributed by atoms with van der Waals surface area (Å²) in [6.07, 6.45) is 10.9. The molecule has 17 heavy (non-hydrogen) atoms. The molecule has 0 aromatic carbocycles. The highest BCUT2D eigenvalue weighted by Crippen LogP contribution is 2.33. The van der Waals surface area contributed by atoms with E-state index in [9.17, 15) is 0 Å². The smallest absolute Gasteiger partial charge is 0.00671 e. The van der Waals surface area contributed by atoms with Gasteiger partial charge in [0.1, 0.15) is 0 Å². The maximum absolute atomic E-state index is 3.84. The summed E-state index contributed by atoms with van der Waals surface area (Å²) in [7, 11) is 0. The fourth-order valence-corrected chi connectivity index (χ4v) is 3.81. The van der Waals surface area contributed by atoms with Crippen molar-refractivity contribution >= 4 is 0 Å². The van der Waals surface area contributed by atoms with Crippen LogP contribution in [0.4, 0.5) is 0 Å². The van der Waals surface area contributed by atoms with Gasteiger partial charge in [-0.25, -0.2) is 0 Å². The Kier molecular flexibility index (Phi) is 4.67. The minimum absolute atomic E-state index is 0.759. The van der Waals surface area contributed by atoms with Crippen molar-refractivity contribution < 1.29 is 0 Å². The molecule has 1 nitrogen and oxygen atoms in total. The summed E-state index contributed by atoms with van der Waals surface area (Å²) >= 11 is 0. The zero-order chi connectivity index (χ0) is 12.3. The van der Waals surface area contributed by atoms with E-state index in [1.165, 1.54) is 45.1 Å². The van der Waals surface area contributed by atoms with Crippen molar-refractivity contribution in [1.82, 2.24) is 5.32 Å². The first kappa shape index (κ1) is 13.1. The second-order valence-corrected chi connectivity index (χ2v) is 6.46. The third-order valence-corrected chi connectivity index (χ3v) is 4.85. The molecule has 3 atom stereocenters. The highest BCUT2D eigenvalue weighted by molar-refractivity contribution is 5.08. The third-order valence-electron chi connectivity index (χ3n) is 4.85. The van der Waals surface area contributed by atoms with Gasteiger partial charge in [0.15, 0.2) is 0 Å². The van der Waals surface area contributed by atoms with Gasteiger partial charge >= 0.3 is 0 Å². The lowest BCUT2D eigenvalue weighted by atomic mass is 9.75. The van der Waals surface area contributed by atoms with Gasteiger partial charge in [-0.3, -0.25) is 0 Å². The fraction of sp³-hybridized carbons (Fsp3) is 0.875. The summed E-state index contributed by atoms with van der Waals surface area (Å²) in [6, 6.07) is 0.815. The van der Waals surface area contributed by atoms with Crippen LogP contribution in [0, 0.1) is 17.8 Å². The van der Waals surface area contributed by atoms with E-state index in [4.69, 9.17) is 0 Å². The Morgan fingerprint density at radius 1 is 1.18 bits per heavy atom. The summed E-state index contributed by atoms with van der Waals surface area (Å²) in [5.74, 6) is 2.46. The zero-order valence-electron chi connectivity index (χ0n) is 11.8. The molecular formula is C16H29N. The molecule has 0 aromatic rings. The molecule has 1 N–H and O–H groups in total. The summed E-state index contributed by atoms with van der Waals surface area (Å²) in [5.41, 5.74) is 1.60. The van der Waals surface area contributed by atoms with E-state index in [2.05, 4.69) is 32.2 Å². The van der Waals surface area contributed by atoms with Crippen molar-refractivity contribution in [1.29, 1.82) is 0 Å². The lowest BCUT2D eigenvalue weighted by Gasteiger charge is -2.35. The highest BCUT2D eigenvalue weighted by Gasteiger charge is 2.27. The summed E-state index contributed by atoms with van der Waals surface area (Å²) < 4.78 is 0. The van der Waals surface area contributed by atoms with Crippen LogP contribution in [0.5, 0.6) is 0 Å². The van der Waals surface area contributed by atoms with Crippen LogP contribution in [0.25, 0.3) is 0 Å². The van der Waals surface area contributed by atoms with Crippen molar-refractivity contribution in [3.05, 3.63) is 11.6 Å². The van der Waals surface area contributed by atoms with Crippen LogP contribution in [0.3, 0.4) is 0 Å². The lowest BCUT2D eigenvalue weighted by molar-refractivity contribution is 0.240. The molecule has 98 valence electrons. The van der Waals surface area contributed by atoms with Crippen LogP contribution in [0.2, 0.25) is 0 Å². The van der Waals surface area contributed by atoms with Crippen LogP contribution in [0.1, 0.15) is 59.3 Å². The molecule has 0 aliphatic heterocycles. The molecule has 2 aliphatic rings. The Hall–Kier alpha value is -0.300. The van der Waals surface area contributed by atoms with E-state index in [0.717, 1.165) is 23.8 Å². The Bertz CT molecular complexity index is 263. The lowest BCUT2D eigenvalue weighted by Crippen LogP contribution is -2.39. The van der Waals surface area contributed by atoms with Gasteiger partial charge in [0.2, 0.25) is 0 Å². The molecule has 0 saturated heterocycles. The van der Waals surface area contributed by atoms with Gasteiger partial charge in [-0.05, 0) is 50.5 Å². The van der Waals surface area contributed by atoms with Crippen molar-refractivity contribution in [2.75, 3.05) is 6.54 Å². The molecule has 2 aliphatic carbocycles. The van der Waals surface area contributed by atoms with E-state index in [0.29, 0.717) is 0 Å². The molecule has 1 heteroatoms. The minimum atomic E-state index is 0.759. The Morgan fingerprint density at radius 2 is 1.88 bits per heavy atom. The van der Waals surface area contributed by atoms with E-state index < -0.39 is 0 Å². The summed E-state index contributed by atoms with van der Waals surface area (Å²) in [5, 5.41) is 3.84. The van der Waals surface area contributed by atoms with Crippen molar-refractivity contribution in [2.24, 2.45) is 17.8 Å². The fourth-order valence-electron chi connectivity index (χ4n) is 3.81. The van der Waals surface area contributed by atoms with Crippen LogP contribution in [0.15, 0.2) is 11.6 Å². The number of rotatable bonds is 3. The van der Waals surface area contributed by atoms with Gasteiger partial charge in [0.05, 0.1) is 0 Å². The zero-order valence-corrected chi connectivity index (χ0v) is 11.8.